The standard InChI is InChI=1S/C54H101NO7/c1-6-8-10-12-14-16-18-20-22-23-24-25-26-27-28-29-31-32-34-36-38-40-42-44-52(56)61-49-50(48-60-47-46-51(54(58)59)55(3,4)5)62-53(57)45-43-41-39-37-35-33-30-21-19-17-15-13-11-9-7-2/h17,19,27-28,50-51H,6-16,18,20-26,29-49H2,1-5H3/b19-17+,28-27+. The fourth-order valence-electron chi connectivity index (χ4n) is 7.94. The van der Waals surface area contributed by atoms with Crippen LogP contribution in [-0.4, -0.2) is 75.5 Å². The van der Waals surface area contributed by atoms with Crippen LogP contribution in [0.5, 0.6) is 0 Å². The number of hydrogen-bond donors (Lipinski definition) is 0. The number of likely N-dealkylation sites (N-methyl/N-ethyl adjacent to an activating group) is 1. The molecule has 2 unspecified atom stereocenters. The second-order valence-corrected chi connectivity index (χ2v) is 19.1. The minimum atomic E-state index is -1.12. The Morgan fingerprint density at radius 1 is 0.468 bits per heavy atom. The average Bonchev–Trinajstić information content (AvgIpc) is 3.23. The van der Waals surface area contributed by atoms with E-state index in [1.54, 1.807) is 21.1 Å². The molecule has 0 aromatic heterocycles. The Morgan fingerprint density at radius 2 is 0.806 bits per heavy atom. The Hall–Kier alpha value is -2.19. The van der Waals surface area contributed by atoms with Crippen LogP contribution in [0, 0.1) is 0 Å². The number of carbonyl (C=O) groups is 3. The lowest BCUT2D eigenvalue weighted by atomic mass is 10.0. The summed E-state index contributed by atoms with van der Waals surface area (Å²) < 4.78 is 17.2. The summed E-state index contributed by atoms with van der Waals surface area (Å²) in [6.45, 7) is 4.68. The maximum atomic E-state index is 12.8. The predicted molar refractivity (Wildman–Crippen MR) is 259 cm³/mol. The smallest absolute Gasteiger partial charge is 0.306 e. The van der Waals surface area contributed by atoms with E-state index >= 15 is 0 Å². The van der Waals surface area contributed by atoms with E-state index in [2.05, 4.69) is 38.2 Å². The van der Waals surface area contributed by atoms with E-state index in [0.29, 0.717) is 12.8 Å². The molecule has 0 radical (unpaired) electrons. The van der Waals surface area contributed by atoms with Gasteiger partial charge in [0.15, 0.2) is 6.10 Å². The first-order chi connectivity index (χ1) is 30.1. The summed E-state index contributed by atoms with van der Waals surface area (Å²) in [5, 5.41) is 11.7. The third-order valence-corrected chi connectivity index (χ3v) is 12.1. The number of rotatable bonds is 48. The highest BCUT2D eigenvalue weighted by Gasteiger charge is 2.25. The van der Waals surface area contributed by atoms with E-state index in [-0.39, 0.29) is 42.7 Å². The number of aliphatic carboxylic acids is 1. The van der Waals surface area contributed by atoms with Gasteiger partial charge in [-0.2, -0.15) is 0 Å². The van der Waals surface area contributed by atoms with Gasteiger partial charge >= 0.3 is 11.9 Å². The van der Waals surface area contributed by atoms with Crippen LogP contribution in [0.2, 0.25) is 0 Å². The fraction of sp³-hybridized carbons (Fsp3) is 0.870. The average molecular weight is 876 g/mol. The summed E-state index contributed by atoms with van der Waals surface area (Å²) in [5.74, 6) is -1.73. The molecule has 0 aliphatic heterocycles. The van der Waals surface area contributed by atoms with Crippen molar-refractivity contribution in [3.8, 4) is 0 Å². The molecular weight excluding hydrogens is 775 g/mol. The van der Waals surface area contributed by atoms with Crippen molar-refractivity contribution >= 4 is 17.9 Å². The molecule has 0 heterocycles. The minimum absolute atomic E-state index is 0.0409. The molecular formula is C54H101NO7. The van der Waals surface area contributed by atoms with E-state index in [1.807, 2.05) is 0 Å². The molecule has 0 bridgehead atoms. The van der Waals surface area contributed by atoms with Crippen LogP contribution in [0.1, 0.15) is 251 Å². The van der Waals surface area contributed by atoms with Gasteiger partial charge in [0.25, 0.3) is 0 Å². The molecule has 0 rings (SSSR count). The molecule has 8 heteroatoms. The first-order valence-electron chi connectivity index (χ1n) is 26.4. The number of unbranched alkanes of at least 4 members (excludes halogenated alkanes) is 30. The van der Waals surface area contributed by atoms with E-state index in [9.17, 15) is 19.5 Å². The lowest BCUT2D eigenvalue weighted by Crippen LogP contribution is -2.55. The molecule has 0 amide bonds. The number of carbonyl (C=O) groups excluding carboxylic acids is 3. The lowest BCUT2D eigenvalue weighted by Gasteiger charge is -2.34. The quantitative estimate of drug-likeness (QED) is 0.0260. The molecule has 62 heavy (non-hydrogen) atoms. The third kappa shape index (κ3) is 43.1. The highest BCUT2D eigenvalue weighted by molar-refractivity contribution is 5.70. The molecule has 0 saturated carbocycles. The van der Waals surface area contributed by atoms with Crippen LogP contribution < -0.4 is 5.11 Å². The summed E-state index contributed by atoms with van der Waals surface area (Å²) >= 11 is 0. The Balaban J connectivity index is 4.18. The number of carboxylic acid groups (broad SMARTS) is 1. The first kappa shape index (κ1) is 59.8. The largest absolute Gasteiger partial charge is 0.544 e. The summed E-state index contributed by atoms with van der Waals surface area (Å²) in [7, 11) is 5.42. The number of quaternary nitrogens is 1. The van der Waals surface area contributed by atoms with E-state index in [1.165, 1.54) is 180 Å². The third-order valence-electron chi connectivity index (χ3n) is 12.1. The van der Waals surface area contributed by atoms with Gasteiger partial charge < -0.3 is 28.6 Å². The zero-order chi connectivity index (χ0) is 45.6. The molecule has 0 saturated heterocycles. The van der Waals surface area contributed by atoms with Crippen molar-refractivity contribution in [1.29, 1.82) is 0 Å². The van der Waals surface area contributed by atoms with Crippen LogP contribution in [0.25, 0.3) is 0 Å². The van der Waals surface area contributed by atoms with Crippen LogP contribution in [0.4, 0.5) is 0 Å². The van der Waals surface area contributed by atoms with Crippen molar-refractivity contribution in [2.75, 3.05) is 41.0 Å². The summed E-state index contributed by atoms with van der Waals surface area (Å²) in [6.07, 6.45) is 52.1. The van der Waals surface area contributed by atoms with Gasteiger partial charge in [-0.15, -0.1) is 0 Å². The molecule has 364 valence electrons. The predicted octanol–water partition coefficient (Wildman–Crippen LogP) is 13.9. The van der Waals surface area contributed by atoms with Crippen molar-refractivity contribution < 1.29 is 38.2 Å². The van der Waals surface area contributed by atoms with Gasteiger partial charge in [0, 0.05) is 19.3 Å². The Morgan fingerprint density at radius 3 is 1.18 bits per heavy atom. The van der Waals surface area contributed by atoms with Crippen molar-refractivity contribution in [3.05, 3.63) is 24.3 Å². The van der Waals surface area contributed by atoms with Gasteiger partial charge in [0.05, 0.1) is 40.3 Å². The second-order valence-electron chi connectivity index (χ2n) is 19.1. The number of ether oxygens (including phenoxy) is 3. The van der Waals surface area contributed by atoms with Gasteiger partial charge in [0.1, 0.15) is 12.6 Å². The molecule has 0 aromatic rings. The number of nitrogens with zero attached hydrogens (tertiary/aromatic N) is 1. The van der Waals surface area contributed by atoms with Gasteiger partial charge in [0.2, 0.25) is 0 Å². The van der Waals surface area contributed by atoms with Crippen LogP contribution >= 0.6 is 0 Å². The zero-order valence-corrected chi connectivity index (χ0v) is 41.6. The number of allylic oxidation sites excluding steroid dienone is 4. The van der Waals surface area contributed by atoms with Crippen LogP contribution in [0.3, 0.4) is 0 Å². The zero-order valence-electron chi connectivity index (χ0n) is 41.6. The van der Waals surface area contributed by atoms with E-state index < -0.39 is 18.1 Å². The Bertz CT molecular complexity index is 1070. The maximum absolute atomic E-state index is 12.8. The molecule has 0 aliphatic carbocycles. The normalized spacial score (nSPS) is 13.0. The Kier molecular flexibility index (Phi) is 43.8. The van der Waals surface area contributed by atoms with E-state index in [4.69, 9.17) is 14.2 Å². The lowest BCUT2D eigenvalue weighted by molar-refractivity contribution is -0.889. The Labute approximate surface area is 383 Å². The number of hydrogen-bond acceptors (Lipinski definition) is 7. The van der Waals surface area contributed by atoms with Crippen molar-refractivity contribution in [1.82, 2.24) is 0 Å². The number of esters is 2. The molecule has 0 aromatic carbocycles. The van der Waals surface area contributed by atoms with Gasteiger partial charge in [-0.1, -0.05) is 192 Å². The molecule has 0 aliphatic rings. The van der Waals surface area contributed by atoms with Crippen molar-refractivity contribution in [2.24, 2.45) is 0 Å². The molecule has 8 nitrogen and oxygen atoms in total. The van der Waals surface area contributed by atoms with E-state index in [0.717, 1.165) is 38.5 Å². The first-order valence-corrected chi connectivity index (χ1v) is 26.4. The number of carboxylic acids is 1. The molecule has 0 N–H and O–H groups in total. The highest BCUT2D eigenvalue weighted by Crippen LogP contribution is 2.16. The molecule has 0 spiro atoms. The summed E-state index contributed by atoms with van der Waals surface area (Å²) in [4.78, 5) is 37.0. The SMILES string of the molecule is CCCCCC/C=C/CCCCCCCCCC(=O)OC(COCCC(C(=O)[O-])[N+](C)(C)C)COC(=O)CCCCCCCCC/C=C/CCCCCCCCCCCCCC. The van der Waals surface area contributed by atoms with Gasteiger partial charge in [-0.3, -0.25) is 9.59 Å². The van der Waals surface area contributed by atoms with Gasteiger partial charge in [-0.05, 0) is 64.2 Å². The van der Waals surface area contributed by atoms with Crippen molar-refractivity contribution in [2.45, 2.75) is 264 Å². The fourth-order valence-corrected chi connectivity index (χ4v) is 7.94. The maximum Gasteiger partial charge on any atom is 0.306 e. The molecule has 0 fully saturated rings. The van der Waals surface area contributed by atoms with Crippen LogP contribution in [-0.2, 0) is 28.6 Å². The molecule has 2 atom stereocenters. The van der Waals surface area contributed by atoms with Crippen LogP contribution in [0.15, 0.2) is 24.3 Å². The van der Waals surface area contributed by atoms with Gasteiger partial charge in [-0.25, -0.2) is 0 Å². The monoisotopic (exact) mass is 876 g/mol. The topological polar surface area (TPSA) is 102 Å². The summed E-state index contributed by atoms with van der Waals surface area (Å²) in [5.41, 5.74) is 0. The summed E-state index contributed by atoms with van der Waals surface area (Å²) in [6, 6.07) is -0.725. The van der Waals surface area contributed by atoms with Crippen molar-refractivity contribution in [3.63, 3.8) is 0 Å². The second kappa shape index (κ2) is 45.4. The minimum Gasteiger partial charge on any atom is -0.544 e. The highest BCUT2D eigenvalue weighted by atomic mass is 16.6.